The summed E-state index contributed by atoms with van der Waals surface area (Å²) < 4.78 is 0. The summed E-state index contributed by atoms with van der Waals surface area (Å²) in [7, 11) is 0. The Morgan fingerprint density at radius 3 is 2.18 bits per heavy atom. The van der Waals surface area contributed by atoms with E-state index in [1.165, 1.54) is 18.4 Å². The van der Waals surface area contributed by atoms with Crippen molar-refractivity contribution >= 4 is 0 Å². The lowest BCUT2D eigenvalue weighted by molar-refractivity contribution is 0.141. The Balaban J connectivity index is 1.95. The highest BCUT2D eigenvalue weighted by atomic mass is 16.3. The summed E-state index contributed by atoms with van der Waals surface area (Å²) in [6.07, 6.45) is 5.62. The monoisotopic (exact) mass is 232 g/mol. The van der Waals surface area contributed by atoms with Gasteiger partial charge in [0.2, 0.25) is 0 Å². The van der Waals surface area contributed by atoms with Gasteiger partial charge in [-0.1, -0.05) is 51.0 Å². The SMILES string of the molecule is CCC(CC)CC(O)c1ccc(C2CC2)cc1. The van der Waals surface area contributed by atoms with Gasteiger partial charge in [-0.05, 0) is 42.2 Å². The Kier molecular flexibility index (Phi) is 4.22. The molecule has 0 radical (unpaired) electrons. The van der Waals surface area contributed by atoms with Crippen LogP contribution in [0.3, 0.4) is 0 Å². The molecule has 1 atom stereocenters. The third kappa shape index (κ3) is 3.32. The molecule has 0 spiro atoms. The summed E-state index contributed by atoms with van der Waals surface area (Å²) in [4.78, 5) is 0. The van der Waals surface area contributed by atoms with Gasteiger partial charge in [-0.25, -0.2) is 0 Å². The molecule has 1 aromatic rings. The lowest BCUT2D eigenvalue weighted by Gasteiger charge is -2.17. The first kappa shape index (κ1) is 12.6. The topological polar surface area (TPSA) is 20.2 Å². The highest BCUT2D eigenvalue weighted by Gasteiger charge is 2.23. The summed E-state index contributed by atoms with van der Waals surface area (Å²) >= 11 is 0. The van der Waals surface area contributed by atoms with Crippen molar-refractivity contribution in [1.82, 2.24) is 0 Å². The molecule has 0 amide bonds. The number of rotatable bonds is 6. The minimum Gasteiger partial charge on any atom is -0.388 e. The summed E-state index contributed by atoms with van der Waals surface area (Å²) in [5, 5.41) is 10.2. The van der Waals surface area contributed by atoms with Crippen LogP contribution in [-0.2, 0) is 0 Å². The average Bonchev–Trinajstić information content (AvgIpc) is 3.20. The number of aliphatic hydroxyl groups is 1. The summed E-state index contributed by atoms with van der Waals surface area (Å²) in [5.41, 5.74) is 2.53. The molecule has 0 bridgehead atoms. The Hall–Kier alpha value is -0.820. The second kappa shape index (κ2) is 5.68. The Morgan fingerprint density at radius 1 is 1.12 bits per heavy atom. The molecule has 1 heteroatoms. The molecule has 1 aromatic carbocycles. The third-order valence-electron chi connectivity index (χ3n) is 4.08. The molecule has 1 unspecified atom stereocenters. The van der Waals surface area contributed by atoms with E-state index in [0.717, 1.165) is 30.7 Å². The summed E-state index contributed by atoms with van der Waals surface area (Å²) in [6, 6.07) is 8.62. The van der Waals surface area contributed by atoms with E-state index >= 15 is 0 Å². The van der Waals surface area contributed by atoms with Crippen LogP contribution in [0.2, 0.25) is 0 Å². The van der Waals surface area contributed by atoms with Crippen LogP contribution in [0.25, 0.3) is 0 Å². The fourth-order valence-electron chi connectivity index (χ4n) is 2.48. The van der Waals surface area contributed by atoms with E-state index in [0.29, 0.717) is 5.92 Å². The molecular weight excluding hydrogens is 208 g/mol. The van der Waals surface area contributed by atoms with Crippen LogP contribution < -0.4 is 0 Å². The maximum Gasteiger partial charge on any atom is 0.0792 e. The van der Waals surface area contributed by atoms with E-state index in [9.17, 15) is 5.11 Å². The molecule has 17 heavy (non-hydrogen) atoms. The minimum atomic E-state index is -0.284. The first-order chi connectivity index (χ1) is 8.24. The van der Waals surface area contributed by atoms with E-state index in [1.54, 1.807) is 0 Å². The first-order valence-electron chi connectivity index (χ1n) is 7.02. The molecule has 1 aliphatic rings. The zero-order valence-electron chi connectivity index (χ0n) is 11.0. The normalized spacial score (nSPS) is 17.4. The van der Waals surface area contributed by atoms with Crippen molar-refractivity contribution in [3.05, 3.63) is 35.4 Å². The van der Waals surface area contributed by atoms with Gasteiger partial charge in [0.05, 0.1) is 6.10 Å². The van der Waals surface area contributed by atoms with E-state index < -0.39 is 0 Å². The van der Waals surface area contributed by atoms with Gasteiger partial charge in [0.25, 0.3) is 0 Å². The molecule has 1 saturated carbocycles. The zero-order valence-corrected chi connectivity index (χ0v) is 11.0. The molecule has 1 fully saturated rings. The van der Waals surface area contributed by atoms with Crippen LogP contribution >= 0.6 is 0 Å². The molecule has 0 saturated heterocycles. The van der Waals surface area contributed by atoms with Crippen LogP contribution in [0.1, 0.15) is 69.1 Å². The standard InChI is InChI=1S/C16H24O/c1-3-12(4-2)11-16(17)15-9-7-14(8-10-15)13-5-6-13/h7-10,12-13,16-17H,3-6,11H2,1-2H3. The number of hydrogen-bond acceptors (Lipinski definition) is 1. The second-order valence-electron chi connectivity index (χ2n) is 5.37. The highest BCUT2D eigenvalue weighted by Crippen LogP contribution is 2.40. The molecular formula is C16H24O. The predicted molar refractivity (Wildman–Crippen MR) is 72.1 cm³/mol. The molecule has 1 N–H and O–H groups in total. The van der Waals surface area contributed by atoms with Gasteiger partial charge in [0.1, 0.15) is 0 Å². The maximum absolute atomic E-state index is 10.2. The maximum atomic E-state index is 10.2. The van der Waals surface area contributed by atoms with Gasteiger partial charge in [-0.3, -0.25) is 0 Å². The van der Waals surface area contributed by atoms with Crippen LogP contribution in [-0.4, -0.2) is 5.11 Å². The van der Waals surface area contributed by atoms with E-state index in [2.05, 4.69) is 38.1 Å². The van der Waals surface area contributed by atoms with Crippen molar-refractivity contribution in [1.29, 1.82) is 0 Å². The highest BCUT2D eigenvalue weighted by molar-refractivity contribution is 5.29. The third-order valence-corrected chi connectivity index (χ3v) is 4.08. The van der Waals surface area contributed by atoms with Gasteiger partial charge in [-0.15, -0.1) is 0 Å². The van der Waals surface area contributed by atoms with Crippen molar-refractivity contribution in [3.8, 4) is 0 Å². The van der Waals surface area contributed by atoms with E-state index in [1.807, 2.05) is 0 Å². The molecule has 2 rings (SSSR count). The summed E-state index contributed by atoms with van der Waals surface area (Å²) in [6.45, 7) is 4.41. The van der Waals surface area contributed by atoms with Gasteiger partial charge >= 0.3 is 0 Å². The van der Waals surface area contributed by atoms with Crippen molar-refractivity contribution in [2.45, 2.75) is 58.0 Å². The van der Waals surface area contributed by atoms with Gasteiger partial charge in [0, 0.05) is 0 Å². The summed E-state index contributed by atoms with van der Waals surface area (Å²) in [5.74, 6) is 1.45. The van der Waals surface area contributed by atoms with Gasteiger partial charge in [-0.2, -0.15) is 0 Å². The minimum absolute atomic E-state index is 0.284. The number of hydrogen-bond donors (Lipinski definition) is 1. The Labute approximate surface area is 105 Å². The Morgan fingerprint density at radius 2 is 1.71 bits per heavy atom. The lowest BCUT2D eigenvalue weighted by atomic mass is 9.92. The quantitative estimate of drug-likeness (QED) is 0.769. The molecule has 1 aliphatic carbocycles. The van der Waals surface area contributed by atoms with Crippen LogP contribution in [0.5, 0.6) is 0 Å². The second-order valence-corrected chi connectivity index (χ2v) is 5.37. The molecule has 0 aromatic heterocycles. The lowest BCUT2D eigenvalue weighted by Crippen LogP contribution is -2.06. The van der Waals surface area contributed by atoms with Crippen molar-refractivity contribution in [2.24, 2.45) is 5.92 Å². The fourth-order valence-corrected chi connectivity index (χ4v) is 2.48. The van der Waals surface area contributed by atoms with E-state index in [4.69, 9.17) is 0 Å². The largest absolute Gasteiger partial charge is 0.388 e. The molecule has 0 aliphatic heterocycles. The number of aliphatic hydroxyl groups excluding tert-OH is 1. The first-order valence-corrected chi connectivity index (χ1v) is 7.02. The molecule has 94 valence electrons. The fraction of sp³-hybridized carbons (Fsp3) is 0.625. The smallest absolute Gasteiger partial charge is 0.0792 e. The zero-order chi connectivity index (χ0) is 12.3. The van der Waals surface area contributed by atoms with Crippen LogP contribution in [0.4, 0.5) is 0 Å². The predicted octanol–water partition coefficient (Wildman–Crippen LogP) is 4.42. The number of benzene rings is 1. The van der Waals surface area contributed by atoms with Crippen molar-refractivity contribution < 1.29 is 5.11 Å². The van der Waals surface area contributed by atoms with Gasteiger partial charge < -0.3 is 5.11 Å². The van der Waals surface area contributed by atoms with Crippen LogP contribution in [0.15, 0.2) is 24.3 Å². The Bertz CT molecular complexity index is 333. The van der Waals surface area contributed by atoms with Crippen molar-refractivity contribution in [3.63, 3.8) is 0 Å². The van der Waals surface area contributed by atoms with Gasteiger partial charge in [0.15, 0.2) is 0 Å². The average molecular weight is 232 g/mol. The van der Waals surface area contributed by atoms with Crippen molar-refractivity contribution in [2.75, 3.05) is 0 Å². The van der Waals surface area contributed by atoms with Crippen LogP contribution in [0, 0.1) is 5.92 Å². The molecule has 1 nitrogen and oxygen atoms in total. The molecule has 0 heterocycles. The van der Waals surface area contributed by atoms with E-state index in [-0.39, 0.29) is 6.10 Å².